The largest absolute Gasteiger partial charge is 0.497 e. The lowest BCUT2D eigenvalue weighted by molar-refractivity contribution is -0.122. The van der Waals surface area contributed by atoms with Crippen molar-refractivity contribution in [3.63, 3.8) is 0 Å². The molecule has 0 aliphatic heterocycles. The molecule has 5 nitrogen and oxygen atoms in total. The van der Waals surface area contributed by atoms with Gasteiger partial charge in [-0.2, -0.15) is 0 Å². The van der Waals surface area contributed by atoms with Gasteiger partial charge in [0.1, 0.15) is 11.5 Å². The minimum Gasteiger partial charge on any atom is -0.497 e. The summed E-state index contributed by atoms with van der Waals surface area (Å²) in [6.07, 6.45) is 1.85. The molecule has 1 amide bonds. The van der Waals surface area contributed by atoms with Gasteiger partial charge in [-0.3, -0.25) is 4.79 Å². The minimum absolute atomic E-state index is 0.0595. The number of nitrogens with one attached hydrogen (secondary N) is 1. The molecule has 0 saturated heterocycles. The lowest BCUT2D eigenvalue weighted by Crippen LogP contribution is -2.53. The van der Waals surface area contributed by atoms with E-state index in [1.807, 2.05) is 26.0 Å². The number of hydrogen-bond donors (Lipinski definition) is 2. The Hall–Kier alpha value is -1.75. The number of amides is 1. The summed E-state index contributed by atoms with van der Waals surface area (Å²) >= 11 is 0. The van der Waals surface area contributed by atoms with Crippen LogP contribution < -0.4 is 20.5 Å². The van der Waals surface area contributed by atoms with Gasteiger partial charge in [-0.05, 0) is 31.0 Å². The van der Waals surface area contributed by atoms with Crippen molar-refractivity contribution < 1.29 is 14.3 Å². The molecule has 0 radical (unpaired) electrons. The Bertz CT molecular complexity index is 462. The molecule has 118 valence electrons. The van der Waals surface area contributed by atoms with Crippen molar-refractivity contribution in [3.05, 3.63) is 23.8 Å². The maximum absolute atomic E-state index is 12.3. The molecule has 0 spiro atoms. The maximum Gasteiger partial charge on any atom is 0.225 e. The topological polar surface area (TPSA) is 73.6 Å². The monoisotopic (exact) mass is 294 g/mol. The second-order valence-electron chi connectivity index (χ2n) is 5.09. The summed E-state index contributed by atoms with van der Waals surface area (Å²) in [5, 5.41) is 3.06. The molecular formula is C16H26N2O3. The molecule has 0 atom stereocenters. The Labute approximate surface area is 126 Å². The minimum atomic E-state index is -0.330. The number of methoxy groups -OCH3 is 2. The molecule has 0 heterocycles. The molecular weight excluding hydrogens is 268 g/mol. The molecule has 0 unspecified atom stereocenters. The van der Waals surface area contributed by atoms with Crippen LogP contribution in [0.25, 0.3) is 0 Å². The van der Waals surface area contributed by atoms with Gasteiger partial charge in [0.2, 0.25) is 5.91 Å². The highest BCUT2D eigenvalue weighted by molar-refractivity contribution is 5.80. The lowest BCUT2D eigenvalue weighted by Gasteiger charge is -2.31. The Morgan fingerprint density at radius 3 is 2.38 bits per heavy atom. The Morgan fingerprint density at radius 2 is 1.90 bits per heavy atom. The van der Waals surface area contributed by atoms with Gasteiger partial charge in [-0.25, -0.2) is 0 Å². The number of nitrogens with two attached hydrogens (primary N) is 1. The van der Waals surface area contributed by atoms with Crippen molar-refractivity contribution in [1.82, 2.24) is 5.32 Å². The average Bonchev–Trinajstić information content (AvgIpc) is 2.52. The molecule has 0 aliphatic carbocycles. The van der Waals surface area contributed by atoms with Gasteiger partial charge in [-0.1, -0.05) is 13.8 Å². The molecule has 1 aromatic carbocycles. The van der Waals surface area contributed by atoms with E-state index in [2.05, 4.69) is 5.32 Å². The van der Waals surface area contributed by atoms with Gasteiger partial charge in [0.05, 0.1) is 26.2 Å². The van der Waals surface area contributed by atoms with Crippen LogP contribution in [0.5, 0.6) is 11.5 Å². The smallest absolute Gasteiger partial charge is 0.225 e. The van der Waals surface area contributed by atoms with Crippen LogP contribution in [0.15, 0.2) is 18.2 Å². The Balaban J connectivity index is 2.87. The third-order valence-corrected chi connectivity index (χ3v) is 3.99. The first-order chi connectivity index (χ1) is 10.0. The molecule has 0 fully saturated rings. The van der Waals surface area contributed by atoms with Crippen molar-refractivity contribution in [2.45, 2.75) is 38.6 Å². The summed E-state index contributed by atoms with van der Waals surface area (Å²) < 4.78 is 10.5. The second kappa shape index (κ2) is 7.88. The van der Waals surface area contributed by atoms with E-state index in [1.165, 1.54) is 0 Å². The number of ether oxygens (including phenoxy) is 2. The van der Waals surface area contributed by atoms with E-state index in [-0.39, 0.29) is 17.9 Å². The zero-order valence-corrected chi connectivity index (χ0v) is 13.4. The number of carbonyl (C=O) groups is 1. The highest BCUT2D eigenvalue weighted by Gasteiger charge is 2.26. The Morgan fingerprint density at radius 1 is 1.24 bits per heavy atom. The molecule has 0 saturated carbocycles. The summed E-state index contributed by atoms with van der Waals surface area (Å²) in [6.45, 7) is 4.49. The fraction of sp³-hybridized carbons (Fsp3) is 0.562. The molecule has 0 aromatic heterocycles. The molecule has 5 heteroatoms. The van der Waals surface area contributed by atoms with Crippen LogP contribution in [0, 0.1) is 0 Å². The molecule has 0 bridgehead atoms. The summed E-state index contributed by atoms with van der Waals surface area (Å²) in [4.78, 5) is 12.3. The van der Waals surface area contributed by atoms with Crippen molar-refractivity contribution >= 4 is 5.91 Å². The first kappa shape index (κ1) is 17.3. The molecule has 1 aromatic rings. The van der Waals surface area contributed by atoms with Crippen molar-refractivity contribution in [1.29, 1.82) is 0 Å². The predicted octanol–water partition coefficient (Wildman–Crippen LogP) is 1.88. The quantitative estimate of drug-likeness (QED) is 0.768. The van der Waals surface area contributed by atoms with Crippen LogP contribution in [-0.4, -0.2) is 32.2 Å². The molecule has 21 heavy (non-hydrogen) atoms. The van der Waals surface area contributed by atoms with E-state index < -0.39 is 0 Å². The van der Waals surface area contributed by atoms with E-state index >= 15 is 0 Å². The normalized spacial score (nSPS) is 11.1. The van der Waals surface area contributed by atoms with Gasteiger partial charge in [0.15, 0.2) is 0 Å². The van der Waals surface area contributed by atoms with Gasteiger partial charge in [0, 0.05) is 12.1 Å². The van der Waals surface area contributed by atoms with Crippen LogP contribution in [0.4, 0.5) is 0 Å². The zero-order chi connectivity index (χ0) is 15.9. The van der Waals surface area contributed by atoms with Gasteiger partial charge in [-0.15, -0.1) is 0 Å². The number of hydrogen-bond acceptors (Lipinski definition) is 4. The van der Waals surface area contributed by atoms with Crippen LogP contribution in [0.3, 0.4) is 0 Å². The average molecular weight is 294 g/mol. The third kappa shape index (κ3) is 4.36. The summed E-state index contributed by atoms with van der Waals surface area (Å²) in [5.41, 5.74) is 6.28. The highest BCUT2D eigenvalue weighted by atomic mass is 16.5. The molecule has 1 rings (SSSR count). The maximum atomic E-state index is 12.3. The summed E-state index contributed by atoms with van der Waals surface area (Å²) in [5.74, 6) is 1.32. The van der Waals surface area contributed by atoms with Crippen LogP contribution in [0.2, 0.25) is 0 Å². The molecule has 0 aliphatic rings. The zero-order valence-electron chi connectivity index (χ0n) is 13.4. The van der Waals surface area contributed by atoms with Crippen molar-refractivity contribution in [2.75, 3.05) is 20.8 Å². The van der Waals surface area contributed by atoms with Crippen molar-refractivity contribution in [3.8, 4) is 11.5 Å². The summed E-state index contributed by atoms with van der Waals surface area (Å²) in [7, 11) is 3.19. The highest BCUT2D eigenvalue weighted by Crippen LogP contribution is 2.24. The predicted molar refractivity (Wildman–Crippen MR) is 83.8 cm³/mol. The van der Waals surface area contributed by atoms with Crippen LogP contribution in [-0.2, 0) is 11.2 Å². The first-order valence-electron chi connectivity index (χ1n) is 7.26. The summed E-state index contributed by atoms with van der Waals surface area (Å²) in [6, 6.07) is 5.43. The van der Waals surface area contributed by atoms with Gasteiger partial charge in [0.25, 0.3) is 0 Å². The first-order valence-corrected chi connectivity index (χ1v) is 7.26. The number of carbonyl (C=O) groups excluding carboxylic acids is 1. The van der Waals surface area contributed by atoms with Crippen LogP contribution in [0.1, 0.15) is 32.3 Å². The number of benzene rings is 1. The SMILES string of the molecule is CCC(CC)(CN)NC(=O)Cc1cc(OC)ccc1OC. The standard InChI is InChI=1S/C16H26N2O3/c1-5-16(6-2,11-17)18-15(19)10-12-9-13(20-3)7-8-14(12)21-4/h7-9H,5-6,10-11,17H2,1-4H3,(H,18,19). The van der Waals surface area contributed by atoms with E-state index in [0.717, 1.165) is 18.4 Å². The van der Waals surface area contributed by atoms with E-state index in [0.29, 0.717) is 18.0 Å². The Kier molecular flexibility index (Phi) is 6.49. The fourth-order valence-electron chi connectivity index (χ4n) is 2.30. The lowest BCUT2D eigenvalue weighted by atomic mass is 9.92. The van der Waals surface area contributed by atoms with E-state index in [4.69, 9.17) is 15.2 Å². The molecule has 3 N–H and O–H groups in total. The van der Waals surface area contributed by atoms with Gasteiger partial charge < -0.3 is 20.5 Å². The third-order valence-electron chi connectivity index (χ3n) is 3.99. The number of rotatable bonds is 8. The van der Waals surface area contributed by atoms with E-state index in [9.17, 15) is 4.79 Å². The van der Waals surface area contributed by atoms with Crippen molar-refractivity contribution in [2.24, 2.45) is 5.73 Å². The van der Waals surface area contributed by atoms with E-state index in [1.54, 1.807) is 20.3 Å². The fourth-order valence-corrected chi connectivity index (χ4v) is 2.30. The van der Waals surface area contributed by atoms with Gasteiger partial charge >= 0.3 is 0 Å². The second-order valence-corrected chi connectivity index (χ2v) is 5.09. The van der Waals surface area contributed by atoms with Crippen LogP contribution >= 0.6 is 0 Å².